The maximum absolute atomic E-state index is 13.9. The molecule has 1 saturated heterocycles. The van der Waals surface area contributed by atoms with Crippen LogP contribution in [-0.2, 0) is 54.4 Å². The van der Waals surface area contributed by atoms with Crippen LogP contribution in [0.1, 0.15) is 57.1 Å². The number of nitrogens with zero attached hydrogens (tertiary/aromatic N) is 3. The highest BCUT2D eigenvalue weighted by Crippen LogP contribution is 2.20. The normalized spacial score (nSPS) is 16.0. The molecule has 2 rings (SSSR count). The molecule has 0 unspecified atom stereocenters. The van der Waals surface area contributed by atoms with Crippen molar-refractivity contribution in [3.05, 3.63) is 18.2 Å². The third kappa shape index (κ3) is 19.1. The van der Waals surface area contributed by atoms with E-state index in [2.05, 4.69) is 59.5 Å². The van der Waals surface area contributed by atoms with Crippen molar-refractivity contribution in [2.75, 3.05) is 37.4 Å². The molecule has 1 aliphatic rings. The van der Waals surface area contributed by atoms with E-state index in [1.165, 1.54) is 24.3 Å². The summed E-state index contributed by atoms with van der Waals surface area (Å²) in [7, 11) is 0. The van der Waals surface area contributed by atoms with Gasteiger partial charge in [-0.25, -0.2) is 9.78 Å². The highest BCUT2D eigenvalue weighted by atomic mass is 32.2. The number of carboxylic acid groups (broad SMARTS) is 3. The van der Waals surface area contributed by atoms with E-state index in [1.54, 1.807) is 6.26 Å². The van der Waals surface area contributed by atoms with Crippen molar-refractivity contribution in [2.24, 2.45) is 22.2 Å². The van der Waals surface area contributed by atoms with Crippen molar-refractivity contribution in [3.63, 3.8) is 0 Å². The minimum Gasteiger partial charge on any atom is -0.481 e. The summed E-state index contributed by atoms with van der Waals surface area (Å²) in [5.74, 6) is -10.6. The van der Waals surface area contributed by atoms with Crippen LogP contribution in [0.4, 0.5) is 0 Å². The largest absolute Gasteiger partial charge is 0.481 e. The van der Waals surface area contributed by atoms with Gasteiger partial charge in [0.05, 0.1) is 25.3 Å². The summed E-state index contributed by atoms with van der Waals surface area (Å²) in [6.07, 6.45) is 3.13. The molecule has 1 fully saturated rings. The lowest BCUT2D eigenvalue weighted by molar-refractivity contribution is -0.144. The van der Waals surface area contributed by atoms with Crippen molar-refractivity contribution in [2.45, 2.75) is 100 Å². The van der Waals surface area contributed by atoms with E-state index in [9.17, 15) is 63.3 Å². The number of guanidine groups is 1. The maximum atomic E-state index is 13.9. The van der Waals surface area contributed by atoms with Gasteiger partial charge >= 0.3 is 17.9 Å². The number of aromatic amines is 1. The van der Waals surface area contributed by atoms with Gasteiger partial charge in [0.15, 0.2) is 5.96 Å². The van der Waals surface area contributed by atoms with Gasteiger partial charge in [-0.05, 0) is 50.5 Å². The van der Waals surface area contributed by atoms with Gasteiger partial charge in [0, 0.05) is 43.6 Å². The molecule has 7 amide bonds. The number of nitrogens with one attached hydrogen (secondary N) is 7. The smallest absolute Gasteiger partial charge is 0.326 e. The van der Waals surface area contributed by atoms with Gasteiger partial charge in [-0.1, -0.05) is 0 Å². The van der Waals surface area contributed by atoms with Crippen LogP contribution in [0.15, 0.2) is 17.5 Å². The number of aliphatic imine (C=N–C) groups is 1. The Kier molecular flexibility index (Phi) is 23.4. The lowest BCUT2D eigenvalue weighted by atomic mass is 10.1. The molecule has 64 heavy (non-hydrogen) atoms. The second-order valence-electron chi connectivity index (χ2n) is 14.4. The molecule has 0 spiro atoms. The van der Waals surface area contributed by atoms with E-state index >= 15 is 0 Å². The third-order valence-electron chi connectivity index (χ3n) is 9.50. The standard InChI is InChI=1S/C36H57N13O13S2/c1-64-11-8-22(35(61)62)46-31(57)20(4-2-9-41-36(38)39)44-26(50)15-42-30(56)23(13-28(53)54)47-33(59)25-5-3-10-49(25)34(60)21(6-7-27(51)52)45-32(58)24(16-63)48-29(55)19(37)12-18-14-40-17-43-18/h14,17,19-25,63H,2-13,15-16,37H2,1H3,(H,40,43)(H,42,56)(H,44,50)(H,45,58)(H,46,57)(H,47,59)(H,48,55)(H,51,52)(H,53,54)(H,61,62)(H4,38,39,41)/t19-,20-,21-,22-,23-,24-,25-/m0/s1. The quantitative estimate of drug-likeness (QED) is 0.0155. The molecule has 26 nitrogen and oxygen atoms in total. The zero-order valence-corrected chi connectivity index (χ0v) is 36.7. The van der Waals surface area contributed by atoms with Gasteiger partial charge in [0.2, 0.25) is 41.4 Å². The number of amides is 7. The highest BCUT2D eigenvalue weighted by molar-refractivity contribution is 7.98. The van der Waals surface area contributed by atoms with E-state index in [-0.39, 0.29) is 63.3 Å². The Labute approximate surface area is 376 Å². The Morgan fingerprint density at radius 2 is 1.55 bits per heavy atom. The Morgan fingerprint density at radius 3 is 2.14 bits per heavy atom. The number of imidazole rings is 1. The highest BCUT2D eigenvalue weighted by Gasteiger charge is 2.40. The second kappa shape index (κ2) is 27.8. The van der Waals surface area contributed by atoms with Crippen LogP contribution in [0.3, 0.4) is 0 Å². The zero-order valence-electron chi connectivity index (χ0n) is 34.9. The Morgan fingerprint density at radius 1 is 0.875 bits per heavy atom. The van der Waals surface area contributed by atoms with Crippen molar-refractivity contribution in [1.82, 2.24) is 46.8 Å². The van der Waals surface area contributed by atoms with Gasteiger partial charge in [-0.3, -0.25) is 48.1 Å². The SMILES string of the molecule is CSCC[C@H](NC(=O)[C@H](CCCN=C(N)N)NC(=O)CNC(=O)[C@H](CC(=O)O)NC(=O)[C@@H]1CCCN1C(=O)[C@H](CCC(=O)O)NC(=O)[C@H](CS)NC(=O)[C@@H](N)Cc1cnc[nH]1)C(=O)O. The van der Waals surface area contributed by atoms with Crippen molar-refractivity contribution in [1.29, 1.82) is 0 Å². The molecule has 356 valence electrons. The fourth-order valence-corrected chi connectivity index (χ4v) is 6.95. The lowest BCUT2D eigenvalue weighted by Crippen LogP contribution is -2.59. The van der Waals surface area contributed by atoms with Gasteiger partial charge in [-0.15, -0.1) is 0 Å². The predicted molar refractivity (Wildman–Crippen MR) is 231 cm³/mol. The fraction of sp³-hybridized carbons (Fsp3) is 0.611. The molecule has 28 heteroatoms. The van der Waals surface area contributed by atoms with Crippen LogP contribution in [0.25, 0.3) is 0 Å². The van der Waals surface area contributed by atoms with Crippen LogP contribution in [-0.4, -0.2) is 175 Å². The zero-order chi connectivity index (χ0) is 47.9. The third-order valence-corrected chi connectivity index (χ3v) is 10.5. The summed E-state index contributed by atoms with van der Waals surface area (Å²) in [6, 6.07) is -9.62. The Balaban J connectivity index is 2.16. The molecule has 7 atom stereocenters. The Bertz CT molecular complexity index is 1830. The summed E-state index contributed by atoms with van der Waals surface area (Å²) < 4.78 is 0. The summed E-state index contributed by atoms with van der Waals surface area (Å²) >= 11 is 5.48. The topological polar surface area (TPSA) is 426 Å². The summed E-state index contributed by atoms with van der Waals surface area (Å²) in [5.41, 5.74) is 17.2. The number of carbonyl (C=O) groups is 10. The number of hydrogen-bond acceptors (Lipinski definition) is 15. The molecular weight excluding hydrogens is 887 g/mol. The number of H-pyrrole nitrogens is 1. The van der Waals surface area contributed by atoms with Crippen LogP contribution < -0.4 is 49.1 Å². The number of nitrogens with two attached hydrogens (primary N) is 3. The number of likely N-dealkylation sites (tertiary alicyclic amines) is 1. The number of rotatable bonds is 29. The van der Waals surface area contributed by atoms with E-state index in [1.807, 2.05) is 0 Å². The van der Waals surface area contributed by atoms with Gasteiger partial charge < -0.3 is 74.3 Å². The molecule has 0 aromatic carbocycles. The molecule has 0 bridgehead atoms. The monoisotopic (exact) mass is 943 g/mol. The van der Waals surface area contributed by atoms with Gasteiger partial charge in [0.25, 0.3) is 0 Å². The van der Waals surface area contributed by atoms with Crippen LogP contribution in [0.2, 0.25) is 0 Å². The average Bonchev–Trinajstić information content (AvgIpc) is 3.95. The van der Waals surface area contributed by atoms with Crippen molar-refractivity contribution < 1.29 is 63.3 Å². The predicted octanol–water partition coefficient (Wildman–Crippen LogP) is -5.03. The van der Waals surface area contributed by atoms with E-state index in [4.69, 9.17) is 17.2 Å². The van der Waals surface area contributed by atoms with Crippen LogP contribution in [0.5, 0.6) is 0 Å². The number of thiol groups is 1. The summed E-state index contributed by atoms with van der Waals surface area (Å²) in [4.78, 5) is 139. The summed E-state index contributed by atoms with van der Waals surface area (Å²) in [6.45, 7) is -0.806. The van der Waals surface area contributed by atoms with Crippen molar-refractivity contribution >= 4 is 89.6 Å². The maximum Gasteiger partial charge on any atom is 0.326 e. The number of carboxylic acids is 3. The number of carbonyl (C=O) groups excluding carboxylic acids is 7. The van der Waals surface area contributed by atoms with Crippen LogP contribution in [0, 0.1) is 0 Å². The van der Waals surface area contributed by atoms with E-state index in [0.717, 1.165) is 4.90 Å². The first-order chi connectivity index (χ1) is 30.3. The molecular formula is C36H57N13O13S2. The molecule has 1 aromatic rings. The molecule has 0 saturated carbocycles. The fourth-order valence-electron chi connectivity index (χ4n) is 6.23. The first kappa shape index (κ1) is 54.0. The molecule has 16 N–H and O–H groups in total. The molecule has 2 heterocycles. The molecule has 0 radical (unpaired) electrons. The van der Waals surface area contributed by atoms with Gasteiger partial charge in [-0.2, -0.15) is 24.4 Å². The number of aliphatic carboxylic acids is 3. The molecule has 1 aromatic heterocycles. The first-order valence-corrected chi connectivity index (χ1v) is 21.9. The van der Waals surface area contributed by atoms with E-state index in [0.29, 0.717) is 11.4 Å². The lowest BCUT2D eigenvalue weighted by Gasteiger charge is -2.30. The number of thioether (sulfide) groups is 1. The first-order valence-electron chi connectivity index (χ1n) is 19.9. The number of hydrogen-bond donors (Lipinski definition) is 14. The summed E-state index contributed by atoms with van der Waals surface area (Å²) in [5, 5.41) is 42.6. The minimum atomic E-state index is -1.79. The van der Waals surface area contributed by atoms with Gasteiger partial charge in [0.1, 0.15) is 36.3 Å². The van der Waals surface area contributed by atoms with Crippen molar-refractivity contribution in [3.8, 4) is 0 Å². The van der Waals surface area contributed by atoms with Crippen LogP contribution >= 0.6 is 24.4 Å². The second-order valence-corrected chi connectivity index (χ2v) is 15.8. The average molecular weight is 944 g/mol. The van der Waals surface area contributed by atoms with E-state index < -0.39 is 127 Å². The minimum absolute atomic E-state index is 0.0250. The molecule has 1 aliphatic heterocycles. The number of aromatic nitrogens is 2. The Hall–Kier alpha value is -6.16. The molecule has 0 aliphatic carbocycles.